The molecule has 0 spiro atoms. The molecule has 3 aromatic rings. The van der Waals surface area contributed by atoms with Gasteiger partial charge >= 0.3 is 0 Å². The number of nitriles is 1. The zero-order valence-electron chi connectivity index (χ0n) is 14.2. The highest BCUT2D eigenvalue weighted by Crippen LogP contribution is 2.29. The van der Waals surface area contributed by atoms with Crippen LogP contribution < -0.4 is 4.74 Å². The summed E-state index contributed by atoms with van der Waals surface area (Å²) in [5.41, 5.74) is 3.69. The molecule has 0 aliphatic rings. The van der Waals surface area contributed by atoms with E-state index in [0.29, 0.717) is 5.56 Å². The third-order valence-electron chi connectivity index (χ3n) is 3.68. The van der Waals surface area contributed by atoms with Crippen LogP contribution in [-0.2, 0) is 5.75 Å². The van der Waals surface area contributed by atoms with Gasteiger partial charge in [-0.15, -0.1) is 11.8 Å². The van der Waals surface area contributed by atoms with Crippen molar-refractivity contribution in [3.63, 3.8) is 0 Å². The van der Waals surface area contributed by atoms with Gasteiger partial charge in [0.2, 0.25) is 0 Å². The minimum atomic E-state index is 0.660. The van der Waals surface area contributed by atoms with E-state index in [2.05, 4.69) is 17.1 Å². The number of hydrogen-bond donors (Lipinski definition) is 0. The van der Waals surface area contributed by atoms with Gasteiger partial charge in [-0.2, -0.15) is 5.26 Å². The van der Waals surface area contributed by atoms with Crippen LogP contribution in [0, 0.1) is 25.2 Å². The largest absolute Gasteiger partial charge is 0.457 e. The van der Waals surface area contributed by atoms with Gasteiger partial charge in [0.1, 0.15) is 22.6 Å². The molecule has 3 rings (SSSR count). The van der Waals surface area contributed by atoms with E-state index in [0.717, 1.165) is 39.1 Å². The maximum absolute atomic E-state index is 9.37. The number of para-hydroxylation sites is 1. The normalized spacial score (nSPS) is 10.3. The van der Waals surface area contributed by atoms with Crippen LogP contribution in [-0.4, -0.2) is 4.98 Å². The van der Waals surface area contributed by atoms with Crippen LogP contribution in [0.1, 0.15) is 22.4 Å². The van der Waals surface area contributed by atoms with E-state index in [1.165, 1.54) is 0 Å². The summed E-state index contributed by atoms with van der Waals surface area (Å²) in [5.74, 6) is 2.35. The predicted molar refractivity (Wildman–Crippen MR) is 101 cm³/mol. The van der Waals surface area contributed by atoms with Crippen molar-refractivity contribution in [3.8, 4) is 17.6 Å². The van der Waals surface area contributed by atoms with Crippen LogP contribution in [0.3, 0.4) is 0 Å². The predicted octanol–water partition coefficient (Wildman–Crippen LogP) is 5.65. The molecule has 0 radical (unpaired) electrons. The van der Waals surface area contributed by atoms with E-state index in [-0.39, 0.29) is 0 Å². The molecule has 0 unspecified atom stereocenters. The van der Waals surface area contributed by atoms with Gasteiger partial charge in [-0.3, -0.25) is 0 Å². The Morgan fingerprint density at radius 1 is 1.00 bits per heavy atom. The highest BCUT2D eigenvalue weighted by molar-refractivity contribution is 7.98. The summed E-state index contributed by atoms with van der Waals surface area (Å²) < 4.78 is 5.88. The molecular weight excluding hydrogens is 328 g/mol. The SMILES string of the molecule is Cc1cc(C)c(C#N)c(SCc2cccc(Oc3ccccc3)c2)n1. The number of aryl methyl sites for hydroxylation is 2. The molecule has 3 nitrogen and oxygen atoms in total. The van der Waals surface area contributed by atoms with Crippen molar-refractivity contribution < 1.29 is 4.74 Å². The monoisotopic (exact) mass is 346 g/mol. The third kappa shape index (κ3) is 4.40. The lowest BCUT2D eigenvalue weighted by Crippen LogP contribution is -1.95. The summed E-state index contributed by atoms with van der Waals surface area (Å²) in [7, 11) is 0. The average molecular weight is 346 g/mol. The first-order valence-corrected chi connectivity index (χ1v) is 8.97. The van der Waals surface area contributed by atoms with E-state index in [1.54, 1.807) is 11.8 Å². The second-order valence-electron chi connectivity index (χ2n) is 5.72. The Hall–Kier alpha value is -2.77. The number of hydrogen-bond acceptors (Lipinski definition) is 4. The topological polar surface area (TPSA) is 45.9 Å². The average Bonchev–Trinajstić information content (AvgIpc) is 2.61. The van der Waals surface area contributed by atoms with Gasteiger partial charge in [0.15, 0.2) is 0 Å². The van der Waals surface area contributed by atoms with Crippen molar-refractivity contribution in [1.29, 1.82) is 5.26 Å². The Balaban J connectivity index is 1.74. The Bertz CT molecular complexity index is 917. The number of aromatic nitrogens is 1. The zero-order valence-corrected chi connectivity index (χ0v) is 15.0. The summed E-state index contributed by atoms with van der Waals surface area (Å²) in [6.45, 7) is 3.90. The van der Waals surface area contributed by atoms with Gasteiger partial charge in [0.05, 0.1) is 5.56 Å². The van der Waals surface area contributed by atoms with Gasteiger partial charge in [-0.25, -0.2) is 4.98 Å². The minimum Gasteiger partial charge on any atom is -0.457 e. The van der Waals surface area contributed by atoms with Crippen molar-refractivity contribution in [3.05, 3.63) is 83.0 Å². The van der Waals surface area contributed by atoms with E-state index >= 15 is 0 Å². The van der Waals surface area contributed by atoms with Crippen LogP contribution in [0.4, 0.5) is 0 Å². The zero-order chi connectivity index (χ0) is 17.6. The molecule has 0 amide bonds. The lowest BCUT2D eigenvalue weighted by Gasteiger charge is -2.09. The van der Waals surface area contributed by atoms with Crippen LogP contribution in [0.5, 0.6) is 11.5 Å². The summed E-state index contributed by atoms with van der Waals surface area (Å²) in [4.78, 5) is 4.52. The Kier molecular flexibility index (Phi) is 5.37. The van der Waals surface area contributed by atoms with Crippen LogP contribution in [0.25, 0.3) is 0 Å². The lowest BCUT2D eigenvalue weighted by atomic mass is 10.1. The molecule has 0 atom stereocenters. The van der Waals surface area contributed by atoms with E-state index in [9.17, 15) is 5.26 Å². The summed E-state index contributed by atoms with van der Waals surface area (Å²) in [5, 5.41) is 10.2. The summed E-state index contributed by atoms with van der Waals surface area (Å²) in [6, 6.07) is 21.9. The molecule has 0 bridgehead atoms. The number of ether oxygens (including phenoxy) is 1. The van der Waals surface area contributed by atoms with Crippen molar-refractivity contribution >= 4 is 11.8 Å². The molecule has 25 heavy (non-hydrogen) atoms. The van der Waals surface area contributed by atoms with Gasteiger partial charge < -0.3 is 4.74 Å². The molecule has 0 aliphatic carbocycles. The molecule has 1 aromatic heterocycles. The van der Waals surface area contributed by atoms with Gasteiger partial charge in [-0.1, -0.05) is 30.3 Å². The van der Waals surface area contributed by atoms with Crippen LogP contribution in [0.2, 0.25) is 0 Å². The molecule has 1 heterocycles. The third-order valence-corrected chi connectivity index (χ3v) is 4.72. The molecule has 0 N–H and O–H groups in total. The first-order valence-electron chi connectivity index (χ1n) is 7.98. The van der Waals surface area contributed by atoms with Crippen LogP contribution in [0.15, 0.2) is 65.7 Å². The Morgan fingerprint density at radius 3 is 2.52 bits per heavy atom. The van der Waals surface area contributed by atoms with E-state index in [1.807, 2.05) is 68.4 Å². The van der Waals surface area contributed by atoms with Gasteiger partial charge in [-0.05, 0) is 55.3 Å². The minimum absolute atomic E-state index is 0.660. The maximum Gasteiger partial charge on any atom is 0.127 e. The second kappa shape index (κ2) is 7.87. The number of benzene rings is 2. The molecule has 0 saturated carbocycles. The fraction of sp³-hybridized carbons (Fsp3) is 0.143. The first-order chi connectivity index (χ1) is 12.2. The van der Waals surface area contributed by atoms with Gasteiger partial charge in [0, 0.05) is 11.4 Å². The van der Waals surface area contributed by atoms with Crippen molar-refractivity contribution in [2.75, 3.05) is 0 Å². The lowest BCUT2D eigenvalue weighted by molar-refractivity contribution is 0.482. The van der Waals surface area contributed by atoms with Crippen molar-refractivity contribution in [2.45, 2.75) is 24.6 Å². The highest BCUT2D eigenvalue weighted by atomic mass is 32.2. The molecular formula is C21H18N2OS. The number of thioether (sulfide) groups is 1. The van der Waals surface area contributed by atoms with E-state index < -0.39 is 0 Å². The molecule has 2 aromatic carbocycles. The summed E-state index contributed by atoms with van der Waals surface area (Å²) >= 11 is 1.58. The molecule has 0 saturated heterocycles. The first kappa shape index (κ1) is 17.1. The van der Waals surface area contributed by atoms with E-state index in [4.69, 9.17) is 4.74 Å². The molecule has 124 valence electrons. The second-order valence-corrected chi connectivity index (χ2v) is 6.69. The quantitative estimate of drug-likeness (QED) is 0.560. The van der Waals surface area contributed by atoms with Crippen LogP contribution >= 0.6 is 11.8 Å². The highest BCUT2D eigenvalue weighted by Gasteiger charge is 2.09. The number of pyridine rings is 1. The standard InChI is InChI=1S/C21H18N2OS/c1-15-11-16(2)23-21(20(15)13-22)25-14-17-7-6-10-19(12-17)24-18-8-4-3-5-9-18/h3-12H,14H2,1-2H3. The summed E-state index contributed by atoms with van der Waals surface area (Å²) in [6.07, 6.45) is 0. The Morgan fingerprint density at radius 2 is 1.76 bits per heavy atom. The maximum atomic E-state index is 9.37. The smallest absolute Gasteiger partial charge is 0.127 e. The number of nitrogens with zero attached hydrogens (tertiary/aromatic N) is 2. The molecule has 0 fully saturated rings. The Labute approximate surface area is 152 Å². The number of rotatable bonds is 5. The van der Waals surface area contributed by atoms with Crippen molar-refractivity contribution in [2.24, 2.45) is 0 Å². The van der Waals surface area contributed by atoms with Gasteiger partial charge in [0.25, 0.3) is 0 Å². The molecule has 4 heteroatoms. The molecule has 0 aliphatic heterocycles. The fourth-order valence-electron chi connectivity index (χ4n) is 2.52. The van der Waals surface area contributed by atoms with Crippen molar-refractivity contribution in [1.82, 2.24) is 4.98 Å². The fourth-order valence-corrected chi connectivity index (χ4v) is 3.56.